The van der Waals surface area contributed by atoms with E-state index in [-0.39, 0.29) is 17.5 Å². The lowest BCUT2D eigenvalue weighted by Gasteiger charge is -2.15. The molecule has 2 aromatic rings. The van der Waals surface area contributed by atoms with E-state index in [4.69, 9.17) is 11.6 Å². The van der Waals surface area contributed by atoms with Crippen molar-refractivity contribution in [2.45, 2.75) is 19.4 Å². The zero-order valence-electron chi connectivity index (χ0n) is 12.5. The van der Waals surface area contributed by atoms with Crippen molar-refractivity contribution < 1.29 is 9.59 Å². The average Bonchev–Trinajstić information content (AvgIpc) is 3.05. The molecule has 9 heteroatoms. The number of halogens is 1. The fraction of sp³-hybridized carbons (Fsp3) is 0.385. The third-order valence-corrected chi connectivity index (χ3v) is 3.30. The summed E-state index contributed by atoms with van der Waals surface area (Å²) in [5.74, 6) is -0.661. The second-order valence-corrected chi connectivity index (χ2v) is 5.13. The highest BCUT2D eigenvalue weighted by Gasteiger charge is 2.23. The van der Waals surface area contributed by atoms with Gasteiger partial charge in [-0.1, -0.05) is 18.5 Å². The first-order valence-corrected chi connectivity index (χ1v) is 7.10. The standard InChI is InChI=1S/C13H17ClN6O2/c1-4-10(20-6-8(14)5-16-20)12(21)17-9-7-19(3)18-11(9)13(22)15-2/h5-7,10H,4H2,1-3H3,(H,15,22)(H,17,21). The van der Waals surface area contributed by atoms with Crippen LogP contribution in [0.15, 0.2) is 18.6 Å². The van der Waals surface area contributed by atoms with E-state index in [1.54, 1.807) is 19.4 Å². The number of anilines is 1. The minimum Gasteiger partial charge on any atom is -0.354 e. The molecule has 0 aliphatic rings. The first-order valence-electron chi connectivity index (χ1n) is 6.72. The molecule has 0 fully saturated rings. The number of nitrogens with one attached hydrogen (secondary N) is 2. The Labute approximate surface area is 132 Å². The van der Waals surface area contributed by atoms with Crippen molar-refractivity contribution in [3.63, 3.8) is 0 Å². The van der Waals surface area contributed by atoms with Gasteiger partial charge < -0.3 is 10.6 Å². The topological polar surface area (TPSA) is 93.8 Å². The van der Waals surface area contributed by atoms with E-state index in [2.05, 4.69) is 20.8 Å². The van der Waals surface area contributed by atoms with Gasteiger partial charge in [-0.05, 0) is 6.42 Å². The van der Waals surface area contributed by atoms with E-state index in [9.17, 15) is 9.59 Å². The molecule has 2 N–H and O–H groups in total. The molecule has 0 saturated heterocycles. The van der Waals surface area contributed by atoms with E-state index in [0.717, 1.165) is 0 Å². The molecule has 8 nitrogen and oxygen atoms in total. The molecule has 1 atom stereocenters. The Balaban J connectivity index is 2.22. The van der Waals surface area contributed by atoms with E-state index >= 15 is 0 Å². The van der Waals surface area contributed by atoms with Crippen molar-refractivity contribution in [1.82, 2.24) is 24.9 Å². The SMILES string of the molecule is CCC(C(=O)Nc1cn(C)nc1C(=O)NC)n1cc(Cl)cn1. The summed E-state index contributed by atoms with van der Waals surface area (Å²) in [6, 6.07) is -0.523. The largest absolute Gasteiger partial charge is 0.354 e. The Bertz CT molecular complexity index is 693. The number of amides is 2. The Morgan fingerprint density at radius 1 is 1.41 bits per heavy atom. The van der Waals surface area contributed by atoms with Crippen molar-refractivity contribution in [2.24, 2.45) is 7.05 Å². The van der Waals surface area contributed by atoms with Crippen molar-refractivity contribution in [3.05, 3.63) is 29.3 Å². The number of rotatable bonds is 5. The monoisotopic (exact) mass is 324 g/mol. The molecule has 0 aliphatic heterocycles. The van der Waals surface area contributed by atoms with Crippen LogP contribution in [-0.2, 0) is 11.8 Å². The van der Waals surface area contributed by atoms with E-state index in [1.807, 2.05) is 6.92 Å². The van der Waals surface area contributed by atoms with E-state index in [1.165, 1.54) is 22.6 Å². The third-order valence-electron chi connectivity index (χ3n) is 3.11. The summed E-state index contributed by atoms with van der Waals surface area (Å²) in [5.41, 5.74) is 0.509. The van der Waals surface area contributed by atoms with Gasteiger partial charge in [0.1, 0.15) is 6.04 Å². The minimum absolute atomic E-state index is 0.159. The highest BCUT2D eigenvalue weighted by atomic mass is 35.5. The van der Waals surface area contributed by atoms with Gasteiger partial charge in [0, 0.05) is 26.5 Å². The van der Waals surface area contributed by atoms with Crippen LogP contribution in [0.3, 0.4) is 0 Å². The molecule has 0 bridgehead atoms. The van der Waals surface area contributed by atoms with Gasteiger partial charge in [-0.25, -0.2) is 0 Å². The molecule has 0 aromatic carbocycles. The predicted octanol–water partition coefficient (Wildman–Crippen LogP) is 1.22. The van der Waals surface area contributed by atoms with Crippen LogP contribution in [0.2, 0.25) is 5.02 Å². The summed E-state index contributed by atoms with van der Waals surface area (Å²) in [4.78, 5) is 24.2. The van der Waals surface area contributed by atoms with Gasteiger partial charge >= 0.3 is 0 Å². The van der Waals surface area contributed by atoms with Crippen LogP contribution in [0.25, 0.3) is 0 Å². The molecule has 2 heterocycles. The Hall–Kier alpha value is -2.35. The molecule has 1 unspecified atom stereocenters. The Morgan fingerprint density at radius 2 is 2.14 bits per heavy atom. The second kappa shape index (κ2) is 6.61. The molecule has 2 amide bonds. The van der Waals surface area contributed by atoms with E-state index < -0.39 is 6.04 Å². The van der Waals surface area contributed by atoms with Crippen LogP contribution >= 0.6 is 11.6 Å². The summed E-state index contributed by atoms with van der Waals surface area (Å²) in [7, 11) is 3.18. The van der Waals surface area contributed by atoms with Gasteiger partial charge in [-0.3, -0.25) is 19.0 Å². The summed E-state index contributed by atoms with van der Waals surface area (Å²) in [6.07, 6.45) is 5.15. The summed E-state index contributed by atoms with van der Waals surface area (Å²) < 4.78 is 2.96. The first-order chi connectivity index (χ1) is 10.5. The maximum absolute atomic E-state index is 12.4. The van der Waals surface area contributed by atoms with Crippen LogP contribution in [-0.4, -0.2) is 38.4 Å². The van der Waals surface area contributed by atoms with Gasteiger partial charge in [-0.15, -0.1) is 0 Å². The smallest absolute Gasteiger partial charge is 0.273 e. The fourth-order valence-corrected chi connectivity index (χ4v) is 2.20. The quantitative estimate of drug-likeness (QED) is 0.864. The molecule has 22 heavy (non-hydrogen) atoms. The third kappa shape index (κ3) is 3.28. The fourth-order valence-electron chi connectivity index (χ4n) is 2.06. The normalized spacial score (nSPS) is 12.0. The number of aromatic nitrogens is 4. The van der Waals surface area contributed by atoms with Gasteiger partial charge in [0.15, 0.2) is 5.69 Å². The Kier molecular flexibility index (Phi) is 4.81. The molecule has 2 aromatic heterocycles. The molecule has 0 radical (unpaired) electrons. The zero-order chi connectivity index (χ0) is 16.3. The number of aryl methyl sites for hydroxylation is 1. The first kappa shape index (κ1) is 16.0. The lowest BCUT2D eigenvalue weighted by atomic mass is 10.2. The lowest BCUT2D eigenvalue weighted by Crippen LogP contribution is -2.27. The average molecular weight is 325 g/mol. The number of nitrogens with zero attached hydrogens (tertiary/aromatic N) is 4. The molecule has 118 valence electrons. The highest BCUT2D eigenvalue weighted by Crippen LogP contribution is 2.19. The lowest BCUT2D eigenvalue weighted by molar-refractivity contribution is -0.119. The van der Waals surface area contributed by atoms with Crippen molar-refractivity contribution >= 4 is 29.1 Å². The van der Waals surface area contributed by atoms with Crippen molar-refractivity contribution in [1.29, 1.82) is 0 Å². The molecular formula is C13H17ClN6O2. The number of hydrogen-bond donors (Lipinski definition) is 2. The summed E-state index contributed by atoms with van der Waals surface area (Å²) in [5, 5.41) is 13.8. The second-order valence-electron chi connectivity index (χ2n) is 4.70. The maximum atomic E-state index is 12.4. The van der Waals surface area contributed by atoms with Gasteiger partial charge in [0.25, 0.3) is 5.91 Å². The summed E-state index contributed by atoms with van der Waals surface area (Å²) >= 11 is 5.83. The maximum Gasteiger partial charge on any atom is 0.273 e. The van der Waals surface area contributed by atoms with Gasteiger partial charge in [0.05, 0.1) is 16.9 Å². The predicted molar refractivity (Wildman–Crippen MR) is 81.8 cm³/mol. The summed E-state index contributed by atoms with van der Waals surface area (Å²) in [6.45, 7) is 1.86. The zero-order valence-corrected chi connectivity index (χ0v) is 13.3. The molecular weight excluding hydrogens is 308 g/mol. The molecule has 0 aliphatic carbocycles. The number of carbonyl (C=O) groups is 2. The Morgan fingerprint density at radius 3 is 2.68 bits per heavy atom. The molecule has 0 spiro atoms. The van der Waals surface area contributed by atoms with Crippen molar-refractivity contribution in [3.8, 4) is 0 Å². The highest BCUT2D eigenvalue weighted by molar-refractivity contribution is 6.30. The van der Waals surface area contributed by atoms with E-state index in [0.29, 0.717) is 17.1 Å². The van der Waals surface area contributed by atoms with Crippen LogP contribution in [0.5, 0.6) is 0 Å². The number of hydrogen-bond acceptors (Lipinski definition) is 4. The molecule has 0 saturated carbocycles. The van der Waals surface area contributed by atoms with Crippen LogP contribution < -0.4 is 10.6 Å². The van der Waals surface area contributed by atoms with Gasteiger partial charge in [-0.2, -0.15) is 10.2 Å². The minimum atomic E-state index is -0.523. The van der Waals surface area contributed by atoms with Gasteiger partial charge in [0.2, 0.25) is 5.91 Å². The van der Waals surface area contributed by atoms with Crippen LogP contribution in [0.1, 0.15) is 29.9 Å². The van der Waals surface area contributed by atoms with Crippen LogP contribution in [0.4, 0.5) is 5.69 Å². The van der Waals surface area contributed by atoms with Crippen molar-refractivity contribution in [2.75, 3.05) is 12.4 Å². The molecule has 2 rings (SSSR count). The number of carbonyl (C=O) groups excluding carboxylic acids is 2. The van der Waals surface area contributed by atoms with Crippen LogP contribution in [0, 0.1) is 0 Å².